The molecule has 0 N–H and O–H groups in total. The summed E-state index contributed by atoms with van der Waals surface area (Å²) in [7, 11) is 0. The number of rotatable bonds is 3. The molecule has 1 nitrogen and oxygen atoms in total. The minimum Gasteiger partial charge on any atom is -0.289 e. The van der Waals surface area contributed by atoms with E-state index in [9.17, 15) is 18.0 Å². The van der Waals surface area contributed by atoms with Gasteiger partial charge in [0, 0.05) is 5.92 Å². The first-order valence-corrected chi connectivity index (χ1v) is 5.34. The van der Waals surface area contributed by atoms with Crippen LogP contribution in [0.5, 0.6) is 0 Å². The fourth-order valence-corrected chi connectivity index (χ4v) is 1.69. The molecule has 0 saturated heterocycles. The lowest BCUT2D eigenvalue weighted by Crippen LogP contribution is -2.39. The van der Waals surface area contributed by atoms with Crippen LogP contribution >= 0.6 is 0 Å². The average Bonchev–Trinajstić information content (AvgIpc) is 2.27. The molecule has 0 aromatic heterocycles. The highest BCUT2D eigenvalue weighted by Crippen LogP contribution is 2.35. The molecule has 1 unspecified atom stereocenters. The molecule has 0 fully saturated rings. The standard InChI is InChI=1S/C13H15F3O/c1-9(11(17)13(14,15)16)12(2,3)10-7-5-4-6-8-10/h4-9H,1-3H3. The number of carbonyl (C=O) groups excluding carboxylic acids is 1. The Hall–Kier alpha value is -1.32. The minimum atomic E-state index is -4.77. The molecule has 0 aliphatic carbocycles. The van der Waals surface area contributed by atoms with E-state index in [-0.39, 0.29) is 0 Å². The first-order chi connectivity index (χ1) is 7.67. The molecular weight excluding hydrogens is 229 g/mol. The van der Waals surface area contributed by atoms with Crippen molar-refractivity contribution in [2.24, 2.45) is 5.92 Å². The van der Waals surface area contributed by atoms with Crippen molar-refractivity contribution >= 4 is 5.78 Å². The molecular formula is C13H15F3O. The third kappa shape index (κ3) is 2.87. The topological polar surface area (TPSA) is 17.1 Å². The Bertz CT molecular complexity index is 393. The molecule has 0 bridgehead atoms. The normalized spacial score (nSPS) is 14.5. The van der Waals surface area contributed by atoms with Crippen molar-refractivity contribution in [3.8, 4) is 0 Å². The quantitative estimate of drug-likeness (QED) is 0.791. The fraction of sp³-hybridized carbons (Fsp3) is 0.462. The summed E-state index contributed by atoms with van der Waals surface area (Å²) in [6.07, 6.45) is -4.77. The summed E-state index contributed by atoms with van der Waals surface area (Å²) in [5.41, 5.74) is -0.112. The Balaban J connectivity index is 3.03. The van der Waals surface area contributed by atoms with Crippen molar-refractivity contribution in [2.45, 2.75) is 32.4 Å². The van der Waals surface area contributed by atoms with E-state index < -0.39 is 23.3 Å². The second kappa shape index (κ2) is 4.51. The van der Waals surface area contributed by atoms with E-state index in [4.69, 9.17) is 0 Å². The van der Waals surface area contributed by atoms with Gasteiger partial charge in [-0.1, -0.05) is 51.1 Å². The third-order valence-electron chi connectivity index (χ3n) is 3.27. The maximum absolute atomic E-state index is 12.4. The van der Waals surface area contributed by atoms with Crippen LogP contribution in [0.15, 0.2) is 30.3 Å². The molecule has 17 heavy (non-hydrogen) atoms. The van der Waals surface area contributed by atoms with Crippen LogP contribution in [-0.2, 0) is 10.2 Å². The Morgan fingerprint density at radius 1 is 1.12 bits per heavy atom. The number of alkyl halides is 3. The largest absolute Gasteiger partial charge is 0.450 e. The van der Waals surface area contributed by atoms with Gasteiger partial charge < -0.3 is 0 Å². The SMILES string of the molecule is CC(C(=O)C(F)(F)F)C(C)(C)c1ccccc1. The lowest BCUT2D eigenvalue weighted by Gasteiger charge is -2.31. The molecule has 1 aromatic carbocycles. The van der Waals surface area contributed by atoms with E-state index >= 15 is 0 Å². The number of Topliss-reactive ketones (excluding diaryl/α,β-unsaturated/α-hetero) is 1. The number of hydrogen-bond donors (Lipinski definition) is 0. The Labute approximate surface area is 98.6 Å². The van der Waals surface area contributed by atoms with E-state index in [1.165, 1.54) is 6.92 Å². The predicted molar refractivity (Wildman–Crippen MR) is 59.7 cm³/mol. The van der Waals surface area contributed by atoms with Crippen LogP contribution in [0.3, 0.4) is 0 Å². The molecule has 0 aliphatic rings. The molecule has 4 heteroatoms. The van der Waals surface area contributed by atoms with Gasteiger partial charge in [0.2, 0.25) is 5.78 Å². The third-order valence-corrected chi connectivity index (χ3v) is 3.27. The number of halogens is 3. The van der Waals surface area contributed by atoms with E-state index in [0.717, 1.165) is 5.56 Å². The van der Waals surface area contributed by atoms with Crippen molar-refractivity contribution in [1.29, 1.82) is 0 Å². The van der Waals surface area contributed by atoms with E-state index in [0.29, 0.717) is 0 Å². The van der Waals surface area contributed by atoms with Crippen molar-refractivity contribution in [2.75, 3.05) is 0 Å². The number of benzene rings is 1. The summed E-state index contributed by atoms with van der Waals surface area (Å²) in [4.78, 5) is 11.3. The van der Waals surface area contributed by atoms with Gasteiger partial charge in [-0.15, -0.1) is 0 Å². The lowest BCUT2D eigenvalue weighted by atomic mass is 9.72. The zero-order valence-electron chi connectivity index (χ0n) is 10.0. The van der Waals surface area contributed by atoms with Crippen molar-refractivity contribution < 1.29 is 18.0 Å². The van der Waals surface area contributed by atoms with Gasteiger partial charge in [0.1, 0.15) is 0 Å². The van der Waals surface area contributed by atoms with Gasteiger partial charge in [-0.2, -0.15) is 13.2 Å². The second-order valence-corrected chi connectivity index (χ2v) is 4.67. The number of ketones is 1. The Morgan fingerprint density at radius 3 is 2.00 bits per heavy atom. The zero-order chi connectivity index (χ0) is 13.3. The summed E-state index contributed by atoms with van der Waals surface area (Å²) < 4.78 is 37.2. The number of hydrogen-bond acceptors (Lipinski definition) is 1. The Morgan fingerprint density at radius 2 is 1.59 bits per heavy atom. The maximum atomic E-state index is 12.4. The average molecular weight is 244 g/mol. The molecule has 0 heterocycles. The smallest absolute Gasteiger partial charge is 0.289 e. The van der Waals surface area contributed by atoms with Gasteiger partial charge in [-0.05, 0) is 11.0 Å². The lowest BCUT2D eigenvalue weighted by molar-refractivity contribution is -0.177. The van der Waals surface area contributed by atoms with E-state index in [1.54, 1.807) is 44.2 Å². The molecule has 1 atom stereocenters. The molecule has 0 amide bonds. The molecule has 0 radical (unpaired) electrons. The first kappa shape index (κ1) is 13.7. The van der Waals surface area contributed by atoms with E-state index in [1.807, 2.05) is 0 Å². The van der Waals surface area contributed by atoms with Gasteiger partial charge in [0.15, 0.2) is 0 Å². The molecule has 0 saturated carbocycles. The van der Waals surface area contributed by atoms with E-state index in [2.05, 4.69) is 0 Å². The van der Waals surface area contributed by atoms with Crippen LogP contribution in [0, 0.1) is 5.92 Å². The summed E-state index contributed by atoms with van der Waals surface area (Å²) in [6, 6.07) is 8.76. The zero-order valence-corrected chi connectivity index (χ0v) is 10.0. The van der Waals surface area contributed by atoms with Crippen LogP contribution in [0.25, 0.3) is 0 Å². The van der Waals surface area contributed by atoms with Crippen LogP contribution < -0.4 is 0 Å². The molecule has 0 spiro atoms. The summed E-state index contributed by atoms with van der Waals surface area (Å²) in [5.74, 6) is -2.78. The highest BCUT2D eigenvalue weighted by Gasteiger charge is 2.46. The maximum Gasteiger partial charge on any atom is 0.450 e. The highest BCUT2D eigenvalue weighted by atomic mass is 19.4. The van der Waals surface area contributed by atoms with Crippen molar-refractivity contribution in [1.82, 2.24) is 0 Å². The highest BCUT2D eigenvalue weighted by molar-refractivity contribution is 5.87. The number of carbonyl (C=O) groups is 1. The minimum absolute atomic E-state index is 0.727. The van der Waals surface area contributed by atoms with Crippen LogP contribution in [0.4, 0.5) is 13.2 Å². The van der Waals surface area contributed by atoms with Gasteiger partial charge >= 0.3 is 6.18 Å². The molecule has 0 aliphatic heterocycles. The van der Waals surface area contributed by atoms with Crippen LogP contribution in [0.1, 0.15) is 26.3 Å². The van der Waals surface area contributed by atoms with Gasteiger partial charge in [0.25, 0.3) is 0 Å². The van der Waals surface area contributed by atoms with Gasteiger partial charge in [-0.25, -0.2) is 0 Å². The predicted octanol–water partition coefficient (Wildman–Crippen LogP) is 3.73. The Kier molecular flexibility index (Phi) is 3.65. The molecule has 94 valence electrons. The first-order valence-electron chi connectivity index (χ1n) is 5.34. The van der Waals surface area contributed by atoms with Crippen molar-refractivity contribution in [3.05, 3.63) is 35.9 Å². The summed E-state index contributed by atoms with van der Waals surface area (Å²) >= 11 is 0. The summed E-state index contributed by atoms with van der Waals surface area (Å²) in [6.45, 7) is 4.62. The van der Waals surface area contributed by atoms with Crippen LogP contribution in [0.2, 0.25) is 0 Å². The monoisotopic (exact) mass is 244 g/mol. The van der Waals surface area contributed by atoms with Crippen LogP contribution in [-0.4, -0.2) is 12.0 Å². The van der Waals surface area contributed by atoms with Gasteiger partial charge in [0.05, 0.1) is 0 Å². The molecule has 1 rings (SSSR count). The molecule has 1 aromatic rings. The fourth-order valence-electron chi connectivity index (χ4n) is 1.69. The van der Waals surface area contributed by atoms with Crippen molar-refractivity contribution in [3.63, 3.8) is 0 Å². The van der Waals surface area contributed by atoms with Gasteiger partial charge in [-0.3, -0.25) is 4.79 Å². The summed E-state index contributed by atoms with van der Waals surface area (Å²) in [5, 5.41) is 0. The second-order valence-electron chi connectivity index (χ2n) is 4.67.